The summed E-state index contributed by atoms with van der Waals surface area (Å²) in [4.78, 5) is 18.3. The van der Waals surface area contributed by atoms with Crippen LogP contribution >= 0.6 is 15.9 Å². The minimum atomic E-state index is -0.0821. The van der Waals surface area contributed by atoms with Crippen LogP contribution in [0.1, 0.15) is 5.56 Å². The fraction of sp³-hybridized carbons (Fsp3) is 0.294. The van der Waals surface area contributed by atoms with Gasteiger partial charge < -0.3 is 11.1 Å². The predicted octanol–water partition coefficient (Wildman–Crippen LogP) is 2.29. The van der Waals surface area contributed by atoms with Gasteiger partial charge in [0.2, 0.25) is 5.91 Å². The van der Waals surface area contributed by atoms with Crippen molar-refractivity contribution in [1.29, 1.82) is 0 Å². The van der Waals surface area contributed by atoms with Crippen molar-refractivity contribution in [2.75, 3.05) is 31.5 Å². The first kappa shape index (κ1) is 17.6. The van der Waals surface area contributed by atoms with E-state index in [0.717, 1.165) is 17.4 Å². The van der Waals surface area contributed by atoms with Crippen LogP contribution in [-0.2, 0) is 11.2 Å². The molecule has 3 N–H and O–H groups in total. The summed E-state index contributed by atoms with van der Waals surface area (Å²) in [6, 6.07) is 13.8. The van der Waals surface area contributed by atoms with Gasteiger partial charge in [0.25, 0.3) is 0 Å². The van der Waals surface area contributed by atoms with Gasteiger partial charge in [-0.25, -0.2) is 4.98 Å². The number of hydrogen-bond acceptors (Lipinski definition) is 4. The van der Waals surface area contributed by atoms with Gasteiger partial charge in [-0.15, -0.1) is 0 Å². The number of benzene rings is 1. The molecule has 6 heteroatoms. The Morgan fingerprint density at radius 3 is 2.61 bits per heavy atom. The van der Waals surface area contributed by atoms with Gasteiger partial charge in [0.15, 0.2) is 0 Å². The third-order valence-electron chi connectivity index (χ3n) is 3.37. The Morgan fingerprint density at radius 1 is 1.17 bits per heavy atom. The quantitative estimate of drug-likeness (QED) is 0.741. The number of amides is 1. The molecule has 0 aliphatic carbocycles. The third kappa shape index (κ3) is 6.48. The molecule has 122 valence electrons. The summed E-state index contributed by atoms with van der Waals surface area (Å²) in [5.41, 5.74) is 6.91. The zero-order chi connectivity index (χ0) is 16.5. The smallest absolute Gasteiger partial charge is 0.239 e. The average Bonchev–Trinajstić information content (AvgIpc) is 2.56. The summed E-state index contributed by atoms with van der Waals surface area (Å²) in [6.07, 6.45) is 2.55. The molecule has 1 amide bonds. The molecule has 2 aromatic rings. The van der Waals surface area contributed by atoms with Crippen LogP contribution in [0.2, 0.25) is 0 Å². The lowest BCUT2D eigenvalue weighted by Crippen LogP contribution is -2.38. The summed E-state index contributed by atoms with van der Waals surface area (Å²) in [5, 5.41) is 2.80. The molecule has 1 heterocycles. The Morgan fingerprint density at radius 2 is 1.96 bits per heavy atom. The monoisotopic (exact) mass is 376 g/mol. The number of nitrogens with one attached hydrogen (secondary N) is 1. The van der Waals surface area contributed by atoms with E-state index in [1.54, 1.807) is 12.3 Å². The first-order valence-electron chi connectivity index (χ1n) is 7.55. The minimum Gasteiger partial charge on any atom is -0.329 e. The molecule has 0 spiro atoms. The predicted molar refractivity (Wildman–Crippen MR) is 96.2 cm³/mol. The van der Waals surface area contributed by atoms with E-state index in [-0.39, 0.29) is 5.91 Å². The highest BCUT2D eigenvalue weighted by molar-refractivity contribution is 9.10. The molecule has 2 rings (SSSR count). The van der Waals surface area contributed by atoms with Crippen LogP contribution < -0.4 is 11.1 Å². The topological polar surface area (TPSA) is 71.2 Å². The van der Waals surface area contributed by atoms with Gasteiger partial charge in [0, 0.05) is 30.3 Å². The van der Waals surface area contributed by atoms with E-state index in [1.807, 2.05) is 24.3 Å². The van der Waals surface area contributed by atoms with Crippen molar-refractivity contribution >= 4 is 27.7 Å². The SMILES string of the molecule is NCCN(CCc1ccccc1)CC(=O)Nc1ccc(Br)cn1. The lowest BCUT2D eigenvalue weighted by Gasteiger charge is -2.21. The van der Waals surface area contributed by atoms with Crippen molar-refractivity contribution < 1.29 is 4.79 Å². The highest BCUT2D eigenvalue weighted by atomic mass is 79.9. The van der Waals surface area contributed by atoms with Gasteiger partial charge in [0.1, 0.15) is 5.82 Å². The number of rotatable bonds is 8. The lowest BCUT2D eigenvalue weighted by atomic mass is 10.1. The third-order valence-corrected chi connectivity index (χ3v) is 3.84. The normalized spacial score (nSPS) is 10.7. The standard InChI is InChI=1S/C17H21BrN4O/c18-15-6-7-16(20-12-15)21-17(23)13-22(11-9-19)10-8-14-4-2-1-3-5-14/h1-7,12H,8-11,13,19H2,(H,20,21,23). The average molecular weight is 377 g/mol. The number of anilines is 1. The van der Waals surface area contributed by atoms with Crippen LogP contribution in [-0.4, -0.2) is 42.0 Å². The highest BCUT2D eigenvalue weighted by Crippen LogP contribution is 2.10. The number of hydrogen-bond donors (Lipinski definition) is 2. The number of nitrogens with two attached hydrogens (primary N) is 1. The molecule has 1 aromatic heterocycles. The molecule has 0 saturated carbocycles. The molecular weight excluding hydrogens is 356 g/mol. The molecule has 0 atom stereocenters. The largest absolute Gasteiger partial charge is 0.329 e. The van der Waals surface area contributed by atoms with Crippen LogP contribution in [0, 0.1) is 0 Å². The van der Waals surface area contributed by atoms with Gasteiger partial charge in [0.05, 0.1) is 6.54 Å². The van der Waals surface area contributed by atoms with Crippen molar-refractivity contribution in [3.63, 3.8) is 0 Å². The lowest BCUT2D eigenvalue weighted by molar-refractivity contribution is -0.117. The second-order valence-electron chi connectivity index (χ2n) is 5.21. The molecule has 0 fully saturated rings. The van der Waals surface area contributed by atoms with Crippen molar-refractivity contribution in [3.8, 4) is 0 Å². The summed E-state index contributed by atoms with van der Waals surface area (Å²) in [5.74, 6) is 0.468. The van der Waals surface area contributed by atoms with Crippen molar-refractivity contribution in [2.24, 2.45) is 5.73 Å². The van der Waals surface area contributed by atoms with E-state index in [4.69, 9.17) is 5.73 Å². The molecule has 5 nitrogen and oxygen atoms in total. The van der Waals surface area contributed by atoms with Gasteiger partial charge >= 0.3 is 0 Å². The number of aromatic nitrogens is 1. The Kier molecular flexibility index (Phi) is 7.19. The molecule has 0 aliphatic rings. The summed E-state index contributed by atoms with van der Waals surface area (Å²) in [7, 11) is 0. The maximum atomic E-state index is 12.1. The van der Waals surface area contributed by atoms with E-state index in [2.05, 4.69) is 43.3 Å². The second kappa shape index (κ2) is 9.39. The van der Waals surface area contributed by atoms with Crippen LogP contribution in [0.5, 0.6) is 0 Å². The van der Waals surface area contributed by atoms with Gasteiger partial charge in [-0.2, -0.15) is 0 Å². The molecule has 23 heavy (non-hydrogen) atoms. The molecule has 1 aromatic carbocycles. The number of carbonyl (C=O) groups excluding carboxylic acids is 1. The molecular formula is C17H21BrN4O. The Hall–Kier alpha value is -1.76. The molecule has 0 saturated heterocycles. The van der Waals surface area contributed by atoms with Crippen molar-refractivity contribution in [2.45, 2.75) is 6.42 Å². The zero-order valence-corrected chi connectivity index (χ0v) is 14.5. The molecule has 0 aliphatic heterocycles. The van der Waals surface area contributed by atoms with Crippen molar-refractivity contribution in [3.05, 3.63) is 58.7 Å². The number of carbonyl (C=O) groups is 1. The van der Waals surface area contributed by atoms with Crippen LogP contribution in [0.15, 0.2) is 53.1 Å². The van der Waals surface area contributed by atoms with Gasteiger partial charge in [-0.05, 0) is 40.0 Å². The zero-order valence-electron chi connectivity index (χ0n) is 12.9. The van der Waals surface area contributed by atoms with Crippen molar-refractivity contribution in [1.82, 2.24) is 9.88 Å². The molecule has 0 bridgehead atoms. The number of nitrogens with zero attached hydrogens (tertiary/aromatic N) is 2. The van der Waals surface area contributed by atoms with Crippen LogP contribution in [0.3, 0.4) is 0 Å². The maximum absolute atomic E-state index is 12.1. The number of halogens is 1. The Bertz CT molecular complexity index is 604. The Labute approximate surface area is 145 Å². The summed E-state index contributed by atoms with van der Waals surface area (Å²) < 4.78 is 0.878. The first-order valence-corrected chi connectivity index (χ1v) is 8.34. The second-order valence-corrected chi connectivity index (χ2v) is 6.13. The van der Waals surface area contributed by atoms with E-state index >= 15 is 0 Å². The summed E-state index contributed by atoms with van der Waals surface area (Å²) in [6.45, 7) is 2.32. The van der Waals surface area contributed by atoms with E-state index < -0.39 is 0 Å². The van der Waals surface area contributed by atoms with Gasteiger partial charge in [-0.1, -0.05) is 30.3 Å². The van der Waals surface area contributed by atoms with E-state index in [0.29, 0.717) is 25.5 Å². The van der Waals surface area contributed by atoms with Gasteiger partial charge in [-0.3, -0.25) is 9.69 Å². The minimum absolute atomic E-state index is 0.0821. The summed E-state index contributed by atoms with van der Waals surface area (Å²) >= 11 is 3.32. The maximum Gasteiger partial charge on any atom is 0.239 e. The number of pyridine rings is 1. The fourth-order valence-corrected chi connectivity index (χ4v) is 2.45. The van der Waals surface area contributed by atoms with Crippen LogP contribution in [0.4, 0.5) is 5.82 Å². The highest BCUT2D eigenvalue weighted by Gasteiger charge is 2.11. The van der Waals surface area contributed by atoms with E-state index in [1.165, 1.54) is 5.56 Å². The Balaban J connectivity index is 1.85. The molecule has 0 radical (unpaired) electrons. The first-order chi connectivity index (χ1) is 11.2. The van der Waals surface area contributed by atoms with E-state index in [9.17, 15) is 4.79 Å². The van der Waals surface area contributed by atoms with Crippen LogP contribution in [0.25, 0.3) is 0 Å². The fourth-order valence-electron chi connectivity index (χ4n) is 2.22. The molecule has 0 unspecified atom stereocenters.